The maximum atomic E-state index is 11.5. The molecule has 1 heterocycles. The summed E-state index contributed by atoms with van der Waals surface area (Å²) in [7, 11) is 0. The first-order valence-electron chi connectivity index (χ1n) is 7.71. The number of nitrogens with zero attached hydrogens (tertiary/aromatic N) is 3. The van der Waals surface area contributed by atoms with Gasteiger partial charge in [-0.15, -0.1) is 0 Å². The Morgan fingerprint density at radius 1 is 1.20 bits per heavy atom. The molecule has 0 bridgehead atoms. The minimum Gasteiger partial charge on any atom is -0.502 e. The zero-order valence-corrected chi connectivity index (χ0v) is 14.5. The topological polar surface area (TPSA) is 156 Å². The van der Waals surface area contributed by atoms with Gasteiger partial charge in [-0.1, -0.05) is 0 Å². The Morgan fingerprint density at radius 2 is 1.76 bits per heavy atom. The fourth-order valence-corrected chi connectivity index (χ4v) is 4.03. The van der Waals surface area contributed by atoms with Crippen LogP contribution in [0.3, 0.4) is 0 Å². The van der Waals surface area contributed by atoms with Crippen molar-refractivity contribution in [3.63, 3.8) is 0 Å². The zero-order chi connectivity index (χ0) is 19.3. The van der Waals surface area contributed by atoms with E-state index in [-0.39, 0.29) is 12.0 Å². The number of nitro groups is 2. The van der Waals surface area contributed by atoms with Gasteiger partial charge in [0.2, 0.25) is 0 Å². The summed E-state index contributed by atoms with van der Waals surface area (Å²) in [5.74, 6) is -1.62. The highest BCUT2D eigenvalue weighted by Crippen LogP contribution is 2.51. The van der Waals surface area contributed by atoms with Crippen molar-refractivity contribution in [1.29, 1.82) is 0 Å². The van der Waals surface area contributed by atoms with Crippen molar-refractivity contribution in [1.82, 2.24) is 5.06 Å². The van der Waals surface area contributed by atoms with Crippen LogP contribution < -0.4 is 5.73 Å². The van der Waals surface area contributed by atoms with Gasteiger partial charge in [0.15, 0.2) is 5.75 Å². The molecule has 25 heavy (non-hydrogen) atoms. The predicted octanol–water partition coefficient (Wildman–Crippen LogP) is 2.27. The molecule has 2 unspecified atom stereocenters. The van der Waals surface area contributed by atoms with Gasteiger partial charge in [-0.2, -0.15) is 5.06 Å². The normalized spacial score (nSPS) is 25.5. The first-order chi connectivity index (χ1) is 11.3. The molecule has 0 aromatic heterocycles. The molecule has 0 amide bonds. The summed E-state index contributed by atoms with van der Waals surface area (Å²) < 4.78 is 0. The van der Waals surface area contributed by atoms with Gasteiger partial charge >= 0.3 is 5.69 Å². The second-order valence-corrected chi connectivity index (χ2v) is 7.50. The average Bonchev–Trinajstić information content (AvgIpc) is 2.43. The largest absolute Gasteiger partial charge is 0.502 e. The van der Waals surface area contributed by atoms with Crippen molar-refractivity contribution < 1.29 is 20.2 Å². The lowest BCUT2D eigenvalue weighted by atomic mass is 9.67. The first kappa shape index (κ1) is 19.0. The molecular weight excluding hydrogens is 332 g/mol. The highest BCUT2D eigenvalue weighted by molar-refractivity contribution is 5.64. The van der Waals surface area contributed by atoms with E-state index in [4.69, 9.17) is 5.73 Å². The van der Waals surface area contributed by atoms with Crippen molar-refractivity contribution in [3.05, 3.63) is 37.9 Å². The van der Waals surface area contributed by atoms with Crippen LogP contribution in [-0.2, 0) is 0 Å². The standard InChI is InChI=1S/C15H22N4O6/c1-14(2)7-8(16)12(15(3,4)19(14)25)11-9(17(21)22)5-6-10(20)13(11)18(23)24/h5-6,8,12,20,25H,7,16H2,1-4H3. The van der Waals surface area contributed by atoms with Crippen molar-refractivity contribution in [2.24, 2.45) is 5.73 Å². The quantitative estimate of drug-likeness (QED) is 0.551. The maximum Gasteiger partial charge on any atom is 0.321 e. The molecule has 10 nitrogen and oxygen atoms in total. The minimum atomic E-state index is -1.15. The Kier molecular flexibility index (Phi) is 4.49. The third-order valence-electron chi connectivity index (χ3n) is 4.91. The van der Waals surface area contributed by atoms with E-state index in [9.17, 15) is 30.5 Å². The van der Waals surface area contributed by atoms with Crippen LogP contribution in [0.4, 0.5) is 11.4 Å². The molecule has 0 spiro atoms. The van der Waals surface area contributed by atoms with E-state index in [1.807, 2.05) is 0 Å². The minimum absolute atomic E-state index is 0.252. The van der Waals surface area contributed by atoms with Crippen molar-refractivity contribution in [2.45, 2.75) is 57.2 Å². The molecule has 1 saturated heterocycles. The monoisotopic (exact) mass is 354 g/mol. The van der Waals surface area contributed by atoms with Crippen LogP contribution in [0.1, 0.15) is 45.6 Å². The lowest BCUT2D eigenvalue weighted by molar-refractivity contribution is -0.397. The summed E-state index contributed by atoms with van der Waals surface area (Å²) in [5, 5.41) is 44.5. The number of piperidine rings is 1. The van der Waals surface area contributed by atoms with Crippen LogP contribution in [0.5, 0.6) is 5.75 Å². The molecule has 4 N–H and O–H groups in total. The van der Waals surface area contributed by atoms with Gasteiger partial charge in [0, 0.05) is 29.1 Å². The summed E-state index contributed by atoms with van der Waals surface area (Å²) in [6, 6.07) is 1.23. The summed E-state index contributed by atoms with van der Waals surface area (Å²) in [4.78, 5) is 21.4. The van der Waals surface area contributed by atoms with Crippen LogP contribution in [0.2, 0.25) is 0 Å². The Hall–Kier alpha value is -2.30. The fraction of sp³-hybridized carbons (Fsp3) is 0.600. The Labute approximate surface area is 144 Å². The Morgan fingerprint density at radius 3 is 2.24 bits per heavy atom. The maximum absolute atomic E-state index is 11.5. The lowest BCUT2D eigenvalue weighted by Gasteiger charge is -2.55. The molecule has 0 aliphatic carbocycles. The van der Waals surface area contributed by atoms with Crippen molar-refractivity contribution >= 4 is 11.4 Å². The van der Waals surface area contributed by atoms with Crippen molar-refractivity contribution in [3.8, 4) is 5.75 Å². The molecule has 10 heteroatoms. The predicted molar refractivity (Wildman–Crippen MR) is 88.5 cm³/mol. The second kappa shape index (κ2) is 5.90. The molecule has 2 rings (SSSR count). The van der Waals surface area contributed by atoms with E-state index in [2.05, 4.69) is 0 Å². The van der Waals surface area contributed by atoms with E-state index in [0.717, 1.165) is 17.2 Å². The molecule has 1 aliphatic rings. The molecule has 1 fully saturated rings. The summed E-state index contributed by atoms with van der Waals surface area (Å²) in [6.07, 6.45) is 0.252. The van der Waals surface area contributed by atoms with E-state index in [0.29, 0.717) is 0 Å². The van der Waals surface area contributed by atoms with Crippen LogP contribution in [0.25, 0.3) is 0 Å². The number of aromatic hydroxyl groups is 1. The molecule has 2 atom stereocenters. The van der Waals surface area contributed by atoms with Crippen LogP contribution in [-0.4, -0.2) is 42.3 Å². The fourth-order valence-electron chi connectivity index (χ4n) is 4.03. The molecule has 138 valence electrons. The molecule has 1 aliphatic heterocycles. The molecule has 0 saturated carbocycles. The van der Waals surface area contributed by atoms with Crippen molar-refractivity contribution in [2.75, 3.05) is 0 Å². The first-order valence-corrected chi connectivity index (χ1v) is 7.71. The second-order valence-electron chi connectivity index (χ2n) is 7.50. The van der Waals surface area contributed by atoms with Crippen LogP contribution >= 0.6 is 0 Å². The highest BCUT2D eigenvalue weighted by atomic mass is 16.6. The van der Waals surface area contributed by atoms with Gasteiger partial charge in [-0.3, -0.25) is 20.2 Å². The summed E-state index contributed by atoms with van der Waals surface area (Å²) in [6.45, 7) is 6.73. The number of hydrogen-bond acceptors (Lipinski definition) is 8. The molecule has 1 aromatic rings. The number of hydroxylamine groups is 2. The van der Waals surface area contributed by atoms with Crippen LogP contribution in [0, 0.1) is 20.2 Å². The van der Waals surface area contributed by atoms with E-state index < -0.39 is 50.0 Å². The van der Waals surface area contributed by atoms with Crippen LogP contribution in [0.15, 0.2) is 12.1 Å². The number of rotatable bonds is 3. The molecule has 0 radical (unpaired) electrons. The van der Waals surface area contributed by atoms with Gasteiger partial charge < -0.3 is 16.0 Å². The smallest absolute Gasteiger partial charge is 0.321 e. The number of benzene rings is 1. The highest BCUT2D eigenvalue weighted by Gasteiger charge is 2.55. The Bertz CT molecular complexity index is 733. The van der Waals surface area contributed by atoms with Gasteiger partial charge in [0.05, 0.1) is 9.85 Å². The SMILES string of the molecule is CC1(C)CC(N)C(c2c([N+](=O)[O-])ccc(O)c2[N+](=O)[O-])C(C)(C)N1O. The number of phenolic OH excluding ortho intramolecular Hbond substituents is 1. The number of nitrogens with two attached hydrogens (primary N) is 1. The third-order valence-corrected chi connectivity index (χ3v) is 4.91. The number of hydrogen-bond donors (Lipinski definition) is 3. The summed E-state index contributed by atoms with van der Waals surface area (Å²) in [5.41, 5.74) is 2.84. The van der Waals surface area contributed by atoms with E-state index in [1.165, 1.54) is 0 Å². The number of phenols is 1. The summed E-state index contributed by atoms with van der Waals surface area (Å²) >= 11 is 0. The third kappa shape index (κ3) is 2.92. The van der Waals surface area contributed by atoms with E-state index >= 15 is 0 Å². The Balaban J connectivity index is 2.82. The average molecular weight is 354 g/mol. The lowest BCUT2D eigenvalue weighted by Crippen LogP contribution is -2.65. The van der Waals surface area contributed by atoms with Gasteiger partial charge in [0.25, 0.3) is 5.69 Å². The number of nitro benzene ring substituents is 2. The zero-order valence-electron chi connectivity index (χ0n) is 14.5. The van der Waals surface area contributed by atoms with Gasteiger partial charge in [-0.25, -0.2) is 0 Å². The molecular formula is C15H22N4O6. The van der Waals surface area contributed by atoms with Gasteiger partial charge in [0.1, 0.15) is 5.56 Å². The molecule has 1 aromatic carbocycles. The van der Waals surface area contributed by atoms with E-state index in [1.54, 1.807) is 27.7 Å². The van der Waals surface area contributed by atoms with Gasteiger partial charge in [-0.05, 0) is 40.2 Å².